The number of nitrogens with zero attached hydrogens (tertiary/aromatic N) is 1. The average molecular weight is 354 g/mol. The Kier molecular flexibility index (Phi) is 5.44. The molecule has 0 aliphatic rings. The van der Waals surface area contributed by atoms with Crippen molar-refractivity contribution in [3.63, 3.8) is 0 Å². The van der Waals surface area contributed by atoms with Gasteiger partial charge in [0.15, 0.2) is 5.13 Å². The highest BCUT2D eigenvalue weighted by Crippen LogP contribution is 2.31. The van der Waals surface area contributed by atoms with E-state index in [0.29, 0.717) is 18.5 Å². The molecule has 5 nitrogen and oxygen atoms in total. The maximum Gasteiger partial charge on any atom is 0.238 e. The molecule has 0 aliphatic carbocycles. The van der Waals surface area contributed by atoms with E-state index in [9.17, 15) is 13.5 Å². The van der Waals surface area contributed by atoms with Gasteiger partial charge in [0.2, 0.25) is 10.0 Å². The zero-order chi connectivity index (χ0) is 17.1. The van der Waals surface area contributed by atoms with Crippen LogP contribution >= 0.6 is 11.3 Å². The number of aromatic nitrogens is 1. The smallest absolute Gasteiger partial charge is 0.238 e. The van der Waals surface area contributed by atoms with Crippen molar-refractivity contribution < 1.29 is 13.5 Å². The first-order valence-electron chi connectivity index (χ1n) is 7.52. The number of hydrogen-bond donors (Lipinski definition) is 2. The molecule has 0 saturated carbocycles. The lowest BCUT2D eigenvalue weighted by Gasteiger charge is -2.22. The Labute approximate surface area is 141 Å². The normalized spacial score (nSPS) is 12.3. The van der Waals surface area contributed by atoms with Gasteiger partial charge in [0.05, 0.1) is 11.4 Å². The number of anilines is 1. The molecule has 2 N–H and O–H groups in total. The summed E-state index contributed by atoms with van der Waals surface area (Å²) in [5.41, 5.74) is 1.32. The van der Waals surface area contributed by atoms with Crippen molar-refractivity contribution in [2.45, 2.75) is 45.0 Å². The first-order chi connectivity index (χ1) is 10.8. The summed E-state index contributed by atoms with van der Waals surface area (Å²) in [6.07, 6.45) is 1.06. The number of benzene rings is 1. The number of thiazole rings is 1. The molecule has 1 aromatic heterocycles. The molecule has 0 saturated heterocycles. The second-order valence-corrected chi connectivity index (χ2v) is 8.20. The summed E-state index contributed by atoms with van der Waals surface area (Å²) in [6, 6.07) is 7.37. The molecule has 7 heteroatoms. The van der Waals surface area contributed by atoms with E-state index in [1.807, 2.05) is 32.9 Å². The summed E-state index contributed by atoms with van der Waals surface area (Å²) in [7, 11) is -3.53. The summed E-state index contributed by atoms with van der Waals surface area (Å²) in [4.78, 5) is 4.24. The molecule has 0 bridgehead atoms. The summed E-state index contributed by atoms with van der Waals surface area (Å²) in [5, 5.41) is 12.4. The van der Waals surface area contributed by atoms with E-state index in [1.54, 1.807) is 17.5 Å². The summed E-state index contributed by atoms with van der Waals surface area (Å²) < 4.78 is 27.0. The van der Waals surface area contributed by atoms with Crippen LogP contribution in [-0.2, 0) is 21.4 Å². The van der Waals surface area contributed by atoms with Crippen LogP contribution in [0.1, 0.15) is 43.5 Å². The Morgan fingerprint density at radius 2 is 1.83 bits per heavy atom. The maximum atomic E-state index is 12.2. The molecular formula is C16H22N2O3S2. The number of hydrogen-bond acceptors (Lipinski definition) is 5. The van der Waals surface area contributed by atoms with E-state index in [-0.39, 0.29) is 10.9 Å². The van der Waals surface area contributed by atoms with Crippen LogP contribution in [0.4, 0.5) is 5.13 Å². The van der Waals surface area contributed by atoms with Crippen LogP contribution in [0.15, 0.2) is 29.6 Å². The molecule has 0 amide bonds. The second kappa shape index (κ2) is 6.98. The highest BCUT2D eigenvalue weighted by molar-refractivity contribution is 7.92. The summed E-state index contributed by atoms with van der Waals surface area (Å²) in [5.74, 6) is -0.103. The van der Waals surface area contributed by atoms with E-state index in [2.05, 4.69) is 9.71 Å². The van der Waals surface area contributed by atoms with Crippen LogP contribution in [0, 0.1) is 6.92 Å². The fourth-order valence-electron chi connectivity index (χ4n) is 2.22. The van der Waals surface area contributed by atoms with Gasteiger partial charge in [0.25, 0.3) is 0 Å². The van der Waals surface area contributed by atoms with Crippen molar-refractivity contribution >= 4 is 26.5 Å². The van der Waals surface area contributed by atoms with Gasteiger partial charge in [-0.1, -0.05) is 43.7 Å². The van der Waals surface area contributed by atoms with Gasteiger partial charge < -0.3 is 5.11 Å². The molecule has 126 valence electrons. The van der Waals surface area contributed by atoms with Crippen molar-refractivity contribution in [3.05, 3.63) is 46.5 Å². The average Bonchev–Trinajstić information content (AvgIpc) is 2.96. The number of sulfonamides is 1. The molecule has 0 aliphatic heterocycles. The van der Waals surface area contributed by atoms with Crippen LogP contribution in [0.25, 0.3) is 0 Å². The third-order valence-electron chi connectivity index (χ3n) is 3.87. The van der Waals surface area contributed by atoms with Crippen molar-refractivity contribution in [3.8, 4) is 0 Å². The minimum absolute atomic E-state index is 0.103. The molecule has 1 aromatic carbocycles. The Morgan fingerprint density at radius 3 is 2.39 bits per heavy atom. The number of aryl methyl sites for hydroxylation is 1. The third kappa shape index (κ3) is 4.53. The zero-order valence-corrected chi connectivity index (χ0v) is 15.2. The van der Waals surface area contributed by atoms with Crippen molar-refractivity contribution in [1.29, 1.82) is 0 Å². The number of rotatable bonds is 7. The first-order valence-corrected chi connectivity index (χ1v) is 10.1. The molecule has 2 aromatic rings. The van der Waals surface area contributed by atoms with Crippen molar-refractivity contribution in [2.75, 3.05) is 4.72 Å². The highest BCUT2D eigenvalue weighted by Gasteiger charge is 2.28. The van der Waals surface area contributed by atoms with Gasteiger partial charge in [-0.15, -0.1) is 11.3 Å². The topological polar surface area (TPSA) is 79.3 Å². The number of nitrogens with one attached hydrogen (secondary N) is 1. The molecular weight excluding hydrogens is 332 g/mol. The van der Waals surface area contributed by atoms with Crippen molar-refractivity contribution in [1.82, 2.24) is 4.98 Å². The maximum absolute atomic E-state index is 12.2. The van der Waals surface area contributed by atoms with Gasteiger partial charge in [-0.3, -0.25) is 4.72 Å². The quantitative estimate of drug-likeness (QED) is 0.799. The monoisotopic (exact) mass is 354 g/mol. The molecule has 0 fully saturated rings. The van der Waals surface area contributed by atoms with Gasteiger partial charge in [0, 0.05) is 5.38 Å². The second-order valence-electron chi connectivity index (χ2n) is 5.62. The fourth-order valence-corrected chi connectivity index (χ4v) is 4.45. The van der Waals surface area contributed by atoms with Crippen LogP contribution in [0.3, 0.4) is 0 Å². The van der Waals surface area contributed by atoms with Gasteiger partial charge in [-0.25, -0.2) is 13.4 Å². The van der Waals surface area contributed by atoms with Gasteiger partial charge in [0.1, 0.15) is 5.60 Å². The standard InChI is InChI=1S/C16H22N2O3S2/c1-4-16(19,5-2)14-10-22-15(17-14)18-23(20,21)11-13-8-6-12(3)7-9-13/h6-10,19H,4-5,11H2,1-3H3,(H,17,18). The van der Waals surface area contributed by atoms with Crippen LogP contribution in [-0.4, -0.2) is 18.5 Å². The molecule has 0 spiro atoms. The third-order valence-corrected chi connectivity index (χ3v) is 5.98. The summed E-state index contributed by atoms with van der Waals surface area (Å²) in [6.45, 7) is 5.71. The Morgan fingerprint density at radius 1 is 1.22 bits per heavy atom. The Balaban J connectivity index is 2.12. The molecule has 0 atom stereocenters. The van der Waals surface area contributed by atoms with E-state index in [0.717, 1.165) is 11.1 Å². The van der Waals surface area contributed by atoms with E-state index >= 15 is 0 Å². The highest BCUT2D eigenvalue weighted by atomic mass is 32.2. The first kappa shape index (κ1) is 17.9. The number of aliphatic hydroxyl groups is 1. The van der Waals surface area contributed by atoms with Crippen molar-refractivity contribution in [2.24, 2.45) is 0 Å². The van der Waals surface area contributed by atoms with Crippen LogP contribution in [0.5, 0.6) is 0 Å². The Hall–Kier alpha value is -1.44. The molecule has 0 unspecified atom stereocenters. The lowest BCUT2D eigenvalue weighted by Crippen LogP contribution is -2.24. The van der Waals surface area contributed by atoms with Gasteiger partial charge in [-0.2, -0.15) is 0 Å². The lowest BCUT2D eigenvalue weighted by molar-refractivity contribution is 0.0247. The Bertz CT molecular complexity index is 748. The van der Waals surface area contributed by atoms with E-state index < -0.39 is 15.6 Å². The predicted octanol–water partition coefficient (Wildman–Crippen LogP) is 3.40. The van der Waals surface area contributed by atoms with E-state index in [1.165, 1.54) is 11.3 Å². The largest absolute Gasteiger partial charge is 0.384 e. The molecule has 1 heterocycles. The minimum atomic E-state index is -3.53. The van der Waals surface area contributed by atoms with E-state index in [4.69, 9.17) is 0 Å². The molecule has 2 rings (SSSR count). The fraction of sp³-hybridized carbons (Fsp3) is 0.438. The van der Waals surface area contributed by atoms with Crippen LogP contribution < -0.4 is 4.72 Å². The van der Waals surface area contributed by atoms with Gasteiger partial charge in [-0.05, 0) is 25.3 Å². The lowest BCUT2D eigenvalue weighted by atomic mass is 9.94. The van der Waals surface area contributed by atoms with Gasteiger partial charge >= 0.3 is 0 Å². The SMILES string of the molecule is CCC(O)(CC)c1csc(NS(=O)(=O)Cc2ccc(C)cc2)n1. The minimum Gasteiger partial charge on any atom is -0.384 e. The van der Waals surface area contributed by atoms with Crippen LogP contribution in [0.2, 0.25) is 0 Å². The zero-order valence-electron chi connectivity index (χ0n) is 13.5. The summed E-state index contributed by atoms with van der Waals surface area (Å²) >= 11 is 1.19. The molecule has 0 radical (unpaired) electrons. The predicted molar refractivity (Wildman–Crippen MR) is 94.0 cm³/mol. The molecule has 23 heavy (non-hydrogen) atoms.